The van der Waals surface area contributed by atoms with Gasteiger partial charge in [-0.1, -0.05) is 34.1 Å². The summed E-state index contributed by atoms with van der Waals surface area (Å²) in [5.74, 6) is 0.0890. The van der Waals surface area contributed by atoms with E-state index < -0.39 is 11.8 Å². The molecule has 0 spiro atoms. The van der Waals surface area contributed by atoms with Gasteiger partial charge >= 0.3 is 0 Å². The Morgan fingerprint density at radius 2 is 1.92 bits per heavy atom. The summed E-state index contributed by atoms with van der Waals surface area (Å²) in [5, 5.41) is 1.23. The number of benzene rings is 2. The van der Waals surface area contributed by atoms with Crippen LogP contribution in [0.15, 0.2) is 52.5 Å². The van der Waals surface area contributed by atoms with Crippen LogP contribution >= 0.6 is 15.9 Å². The van der Waals surface area contributed by atoms with Crippen LogP contribution in [0.3, 0.4) is 0 Å². The number of halogens is 1. The molecule has 1 fully saturated rings. The van der Waals surface area contributed by atoms with Gasteiger partial charge in [-0.05, 0) is 37.3 Å². The average Bonchev–Trinajstić information content (AvgIpc) is 2.92. The van der Waals surface area contributed by atoms with Crippen LogP contribution in [-0.2, 0) is 9.59 Å². The van der Waals surface area contributed by atoms with E-state index >= 15 is 0 Å². The van der Waals surface area contributed by atoms with E-state index in [-0.39, 0.29) is 5.57 Å². The summed E-state index contributed by atoms with van der Waals surface area (Å²) in [6.45, 7) is 2.27. The molecule has 26 heavy (non-hydrogen) atoms. The molecule has 1 saturated heterocycles. The van der Waals surface area contributed by atoms with Crippen LogP contribution in [0, 0.1) is 0 Å². The number of amides is 2. The minimum atomic E-state index is -0.472. The van der Waals surface area contributed by atoms with Gasteiger partial charge < -0.3 is 9.47 Å². The monoisotopic (exact) mass is 416 g/mol. The number of hydrogen-bond acceptors (Lipinski definition) is 4. The Kier molecular flexibility index (Phi) is 5.27. The smallest absolute Gasteiger partial charge is 0.282 e. The van der Waals surface area contributed by atoms with Gasteiger partial charge in [-0.15, -0.1) is 0 Å². The Morgan fingerprint density at radius 3 is 2.58 bits per heavy atom. The molecule has 0 aromatic heterocycles. The minimum absolute atomic E-state index is 0.0231. The number of nitrogens with zero attached hydrogens (tertiary/aromatic N) is 1. The number of methoxy groups -OCH3 is 1. The van der Waals surface area contributed by atoms with Crippen molar-refractivity contribution in [2.45, 2.75) is 6.92 Å². The molecular formula is C19H17BrN2O4. The van der Waals surface area contributed by atoms with Crippen molar-refractivity contribution in [1.82, 2.24) is 5.43 Å². The van der Waals surface area contributed by atoms with Gasteiger partial charge in [0.25, 0.3) is 11.8 Å². The molecule has 3 rings (SSSR count). The van der Waals surface area contributed by atoms with Crippen LogP contribution in [0.2, 0.25) is 0 Å². The summed E-state index contributed by atoms with van der Waals surface area (Å²) in [7, 11) is 1.53. The van der Waals surface area contributed by atoms with Crippen molar-refractivity contribution in [1.29, 1.82) is 0 Å². The van der Waals surface area contributed by atoms with E-state index in [1.807, 2.05) is 13.0 Å². The van der Waals surface area contributed by atoms with Crippen molar-refractivity contribution in [3.05, 3.63) is 58.1 Å². The lowest BCUT2D eigenvalue weighted by Crippen LogP contribution is -2.35. The van der Waals surface area contributed by atoms with Gasteiger partial charge in [0, 0.05) is 10.0 Å². The van der Waals surface area contributed by atoms with E-state index in [0.717, 1.165) is 4.47 Å². The van der Waals surface area contributed by atoms with Crippen molar-refractivity contribution in [2.75, 3.05) is 18.7 Å². The zero-order chi connectivity index (χ0) is 18.7. The molecule has 0 atom stereocenters. The van der Waals surface area contributed by atoms with Gasteiger partial charge in [-0.25, -0.2) is 5.01 Å². The van der Waals surface area contributed by atoms with Crippen LogP contribution in [0.4, 0.5) is 5.69 Å². The Morgan fingerprint density at radius 1 is 1.19 bits per heavy atom. The topological polar surface area (TPSA) is 67.9 Å². The van der Waals surface area contributed by atoms with Gasteiger partial charge in [-0.2, -0.15) is 0 Å². The molecule has 0 unspecified atom stereocenters. The van der Waals surface area contributed by atoms with E-state index in [1.54, 1.807) is 36.4 Å². The maximum atomic E-state index is 12.7. The first-order valence-electron chi connectivity index (χ1n) is 7.97. The minimum Gasteiger partial charge on any atom is -0.493 e. The van der Waals surface area contributed by atoms with Crippen LogP contribution in [-0.4, -0.2) is 25.5 Å². The fourth-order valence-electron chi connectivity index (χ4n) is 2.62. The van der Waals surface area contributed by atoms with Crippen molar-refractivity contribution >= 4 is 39.5 Å². The molecule has 1 aliphatic heterocycles. The van der Waals surface area contributed by atoms with Crippen molar-refractivity contribution in [3.8, 4) is 11.5 Å². The number of carbonyl (C=O) groups excluding carboxylic acids is 2. The largest absolute Gasteiger partial charge is 0.493 e. The predicted octanol–water partition coefficient (Wildman–Crippen LogP) is 3.32. The Hall–Kier alpha value is -2.80. The number of nitrogens with one attached hydrogen (secondary N) is 1. The summed E-state index contributed by atoms with van der Waals surface area (Å²) in [6.07, 6.45) is 1.51. The molecule has 6 nitrogen and oxygen atoms in total. The summed E-state index contributed by atoms with van der Waals surface area (Å²) in [6, 6.07) is 12.5. The number of ether oxygens (including phenoxy) is 2. The molecule has 0 saturated carbocycles. The highest BCUT2D eigenvalue weighted by molar-refractivity contribution is 9.10. The zero-order valence-electron chi connectivity index (χ0n) is 14.3. The first kappa shape index (κ1) is 18.0. The van der Waals surface area contributed by atoms with Gasteiger partial charge in [0.05, 0.1) is 19.4 Å². The molecule has 2 aromatic carbocycles. The molecule has 7 heteroatoms. The van der Waals surface area contributed by atoms with Crippen molar-refractivity contribution < 1.29 is 19.1 Å². The highest BCUT2D eigenvalue weighted by Crippen LogP contribution is 2.36. The second-order valence-electron chi connectivity index (χ2n) is 5.43. The summed E-state index contributed by atoms with van der Waals surface area (Å²) in [5.41, 5.74) is 3.77. The fourth-order valence-corrected chi connectivity index (χ4v) is 3.07. The van der Waals surface area contributed by atoms with Crippen LogP contribution in [0.1, 0.15) is 12.5 Å². The highest BCUT2D eigenvalue weighted by Gasteiger charge is 2.34. The maximum absolute atomic E-state index is 12.7. The third-order valence-electron chi connectivity index (χ3n) is 3.76. The second-order valence-corrected chi connectivity index (χ2v) is 6.35. The molecule has 2 amide bonds. The number of rotatable bonds is 5. The van der Waals surface area contributed by atoms with Crippen LogP contribution in [0.5, 0.6) is 11.5 Å². The van der Waals surface area contributed by atoms with E-state index in [4.69, 9.17) is 9.47 Å². The standard InChI is InChI=1S/C19H17BrN2O4/c1-3-26-17-12(9-13(20)11-16(17)25-2)10-15-18(23)21-22(19(15)24)14-7-5-4-6-8-14/h4-11H,3H2,1-2H3,(H,21,23)/b15-10+. The fraction of sp³-hybridized carbons (Fsp3) is 0.158. The Bertz CT molecular complexity index is 881. The third kappa shape index (κ3) is 3.43. The average molecular weight is 417 g/mol. The normalized spacial score (nSPS) is 15.3. The highest BCUT2D eigenvalue weighted by atomic mass is 79.9. The molecule has 0 aliphatic carbocycles. The molecule has 0 bridgehead atoms. The van der Waals surface area contributed by atoms with E-state index in [9.17, 15) is 9.59 Å². The lowest BCUT2D eigenvalue weighted by Gasteiger charge is -2.14. The first-order valence-corrected chi connectivity index (χ1v) is 8.77. The molecular weight excluding hydrogens is 400 g/mol. The second kappa shape index (κ2) is 7.61. The van der Waals surface area contributed by atoms with E-state index in [1.165, 1.54) is 18.2 Å². The number of hydrogen-bond donors (Lipinski definition) is 1. The van der Waals surface area contributed by atoms with Gasteiger partial charge in [0.1, 0.15) is 5.57 Å². The Balaban J connectivity index is 2.03. The molecule has 1 aliphatic rings. The molecule has 1 N–H and O–H groups in total. The van der Waals surface area contributed by atoms with Crippen LogP contribution < -0.4 is 19.9 Å². The maximum Gasteiger partial charge on any atom is 0.282 e. The third-order valence-corrected chi connectivity index (χ3v) is 4.22. The summed E-state index contributed by atoms with van der Waals surface area (Å²) < 4.78 is 11.8. The molecule has 2 aromatic rings. The lowest BCUT2D eigenvalue weighted by atomic mass is 10.1. The quantitative estimate of drug-likeness (QED) is 0.599. The summed E-state index contributed by atoms with van der Waals surface area (Å²) >= 11 is 3.41. The van der Waals surface area contributed by atoms with E-state index in [2.05, 4.69) is 21.4 Å². The predicted molar refractivity (Wildman–Crippen MR) is 102 cm³/mol. The van der Waals surface area contributed by atoms with Gasteiger partial charge in [0.15, 0.2) is 11.5 Å². The zero-order valence-corrected chi connectivity index (χ0v) is 15.9. The number of anilines is 1. The molecule has 134 valence electrons. The summed E-state index contributed by atoms with van der Waals surface area (Å²) in [4.78, 5) is 25.1. The van der Waals surface area contributed by atoms with Gasteiger partial charge in [-0.3, -0.25) is 15.0 Å². The van der Waals surface area contributed by atoms with E-state index in [0.29, 0.717) is 29.4 Å². The lowest BCUT2D eigenvalue weighted by molar-refractivity contribution is -0.117. The number of hydrazine groups is 1. The first-order chi connectivity index (χ1) is 12.5. The van der Waals surface area contributed by atoms with Crippen molar-refractivity contribution in [2.24, 2.45) is 0 Å². The molecule has 1 heterocycles. The number of carbonyl (C=O) groups is 2. The number of para-hydroxylation sites is 1. The van der Waals surface area contributed by atoms with Crippen LogP contribution in [0.25, 0.3) is 6.08 Å². The van der Waals surface area contributed by atoms with Crippen molar-refractivity contribution in [3.63, 3.8) is 0 Å². The SMILES string of the molecule is CCOc1c(/C=C2\C(=O)NN(c3ccccc3)C2=O)cc(Br)cc1OC. The van der Waals surface area contributed by atoms with Gasteiger partial charge in [0.2, 0.25) is 0 Å². The Labute approximate surface area is 159 Å². The molecule has 0 radical (unpaired) electrons.